The van der Waals surface area contributed by atoms with Gasteiger partial charge < -0.3 is 9.84 Å². The molecule has 0 aliphatic rings. The Hall–Kier alpha value is -2.89. The van der Waals surface area contributed by atoms with Crippen molar-refractivity contribution >= 4 is 11.7 Å². The Labute approximate surface area is 139 Å². The molecule has 0 heterocycles. The zero-order valence-electron chi connectivity index (χ0n) is 13.8. The van der Waals surface area contributed by atoms with Crippen molar-refractivity contribution in [1.82, 2.24) is 0 Å². The maximum Gasteiger partial charge on any atom is 0.345 e. The molecule has 0 radical (unpaired) electrons. The average molecular weight is 329 g/mol. The van der Waals surface area contributed by atoms with Gasteiger partial charge in [0.25, 0.3) is 5.69 Å². The van der Waals surface area contributed by atoms with Crippen LogP contribution in [0.2, 0.25) is 0 Å². The van der Waals surface area contributed by atoms with E-state index in [0.717, 1.165) is 16.7 Å². The molecule has 0 saturated heterocycles. The molecular formula is C18H19NO5. The fraction of sp³-hybridized carbons (Fsp3) is 0.278. The molecule has 6 nitrogen and oxygen atoms in total. The van der Waals surface area contributed by atoms with E-state index in [9.17, 15) is 20.0 Å². The van der Waals surface area contributed by atoms with E-state index < -0.39 is 17.0 Å². The highest BCUT2D eigenvalue weighted by Gasteiger charge is 2.22. The summed E-state index contributed by atoms with van der Waals surface area (Å²) in [4.78, 5) is 21.9. The first kappa shape index (κ1) is 17.5. The molecule has 0 amide bonds. The third kappa shape index (κ3) is 4.10. The largest absolute Gasteiger partial charge is 0.478 e. The standard InChI is InChI=1S/C18H19NO5/c1-11-7-12(2)13(3)16(8-11)24-17(18(20)21)10-14-5-4-6-15(9-14)19(22)23/h4-9,17H,10H2,1-3H3,(H,20,21)/t17-/m1/s1. The van der Waals surface area contributed by atoms with Gasteiger partial charge in [-0.05, 0) is 49.1 Å². The van der Waals surface area contributed by atoms with Crippen LogP contribution in [0.4, 0.5) is 5.69 Å². The molecule has 0 aliphatic heterocycles. The number of aryl methyl sites for hydroxylation is 2. The molecule has 6 heteroatoms. The number of carbonyl (C=O) groups is 1. The van der Waals surface area contributed by atoms with Crippen LogP contribution in [0.25, 0.3) is 0 Å². The lowest BCUT2D eigenvalue weighted by atomic mass is 10.0. The van der Waals surface area contributed by atoms with Crippen LogP contribution in [0, 0.1) is 30.9 Å². The van der Waals surface area contributed by atoms with Gasteiger partial charge in [-0.2, -0.15) is 0 Å². The van der Waals surface area contributed by atoms with Crippen LogP contribution in [0.15, 0.2) is 36.4 Å². The fourth-order valence-corrected chi connectivity index (χ4v) is 2.47. The topological polar surface area (TPSA) is 89.7 Å². The van der Waals surface area contributed by atoms with E-state index in [1.165, 1.54) is 18.2 Å². The predicted molar refractivity (Wildman–Crippen MR) is 89.5 cm³/mol. The number of carboxylic acid groups (broad SMARTS) is 1. The number of nitro groups is 1. The molecule has 0 bridgehead atoms. The van der Waals surface area contributed by atoms with Crippen LogP contribution in [0.1, 0.15) is 22.3 Å². The normalized spacial score (nSPS) is 11.8. The molecule has 0 spiro atoms. The van der Waals surface area contributed by atoms with Gasteiger partial charge in [0.15, 0.2) is 6.10 Å². The summed E-state index contributed by atoms with van der Waals surface area (Å²) in [5.41, 5.74) is 3.35. The number of aliphatic carboxylic acids is 1. The van der Waals surface area contributed by atoms with E-state index in [0.29, 0.717) is 11.3 Å². The predicted octanol–water partition coefficient (Wildman–Crippen LogP) is 3.59. The van der Waals surface area contributed by atoms with E-state index >= 15 is 0 Å². The molecule has 2 rings (SSSR count). The van der Waals surface area contributed by atoms with Gasteiger partial charge in [-0.1, -0.05) is 18.2 Å². The fourth-order valence-electron chi connectivity index (χ4n) is 2.47. The highest BCUT2D eigenvalue weighted by molar-refractivity contribution is 5.73. The SMILES string of the molecule is Cc1cc(C)c(C)c(O[C@H](Cc2cccc([N+](=O)[O-])c2)C(=O)O)c1. The van der Waals surface area contributed by atoms with Crippen molar-refractivity contribution in [3.63, 3.8) is 0 Å². The lowest BCUT2D eigenvalue weighted by Crippen LogP contribution is -2.29. The van der Waals surface area contributed by atoms with Gasteiger partial charge in [0.1, 0.15) is 5.75 Å². The molecular weight excluding hydrogens is 310 g/mol. The number of rotatable bonds is 6. The van der Waals surface area contributed by atoms with E-state index in [1.807, 2.05) is 26.8 Å². The third-order valence-corrected chi connectivity index (χ3v) is 3.85. The molecule has 1 N–H and O–H groups in total. The molecule has 2 aromatic rings. The first-order valence-electron chi connectivity index (χ1n) is 7.48. The number of non-ortho nitro benzene ring substituents is 1. The number of hydrogen-bond acceptors (Lipinski definition) is 4. The minimum Gasteiger partial charge on any atom is -0.478 e. The molecule has 0 saturated carbocycles. The number of hydrogen-bond donors (Lipinski definition) is 1. The number of ether oxygens (including phenoxy) is 1. The second kappa shape index (κ2) is 7.12. The summed E-state index contributed by atoms with van der Waals surface area (Å²) in [5, 5.41) is 20.3. The van der Waals surface area contributed by atoms with Crippen LogP contribution in [-0.4, -0.2) is 22.1 Å². The molecule has 0 aromatic heterocycles. The summed E-state index contributed by atoms with van der Waals surface area (Å²) in [6.45, 7) is 5.72. The zero-order valence-corrected chi connectivity index (χ0v) is 13.8. The lowest BCUT2D eigenvalue weighted by Gasteiger charge is -2.18. The summed E-state index contributed by atoms with van der Waals surface area (Å²) < 4.78 is 5.70. The van der Waals surface area contributed by atoms with Gasteiger partial charge >= 0.3 is 5.97 Å². The summed E-state index contributed by atoms with van der Waals surface area (Å²) >= 11 is 0. The van der Waals surface area contributed by atoms with Gasteiger partial charge in [-0.25, -0.2) is 4.79 Å². The van der Waals surface area contributed by atoms with Crippen LogP contribution in [-0.2, 0) is 11.2 Å². The Morgan fingerprint density at radius 2 is 1.96 bits per heavy atom. The van der Waals surface area contributed by atoms with Crippen LogP contribution < -0.4 is 4.74 Å². The van der Waals surface area contributed by atoms with E-state index in [1.54, 1.807) is 12.1 Å². The van der Waals surface area contributed by atoms with Crippen LogP contribution in [0.5, 0.6) is 5.75 Å². The molecule has 126 valence electrons. The number of nitrogens with zero attached hydrogens (tertiary/aromatic N) is 1. The van der Waals surface area contributed by atoms with Crippen molar-refractivity contribution in [1.29, 1.82) is 0 Å². The van der Waals surface area contributed by atoms with E-state index in [2.05, 4.69) is 0 Å². The van der Waals surface area contributed by atoms with E-state index in [-0.39, 0.29) is 12.1 Å². The summed E-state index contributed by atoms with van der Waals surface area (Å²) in [6, 6.07) is 9.72. The summed E-state index contributed by atoms with van der Waals surface area (Å²) in [5.74, 6) is -0.592. The van der Waals surface area contributed by atoms with Crippen LogP contribution in [0.3, 0.4) is 0 Å². The molecule has 0 unspecified atom stereocenters. The maximum atomic E-state index is 11.5. The van der Waals surface area contributed by atoms with E-state index in [4.69, 9.17) is 4.74 Å². The van der Waals surface area contributed by atoms with Crippen molar-refractivity contribution in [3.8, 4) is 5.75 Å². The van der Waals surface area contributed by atoms with Crippen molar-refractivity contribution in [2.45, 2.75) is 33.3 Å². The third-order valence-electron chi connectivity index (χ3n) is 3.85. The van der Waals surface area contributed by atoms with Crippen molar-refractivity contribution in [2.75, 3.05) is 0 Å². The molecule has 2 aromatic carbocycles. The minimum absolute atomic E-state index is 0.0451. The van der Waals surface area contributed by atoms with Gasteiger partial charge in [0.2, 0.25) is 0 Å². The molecule has 24 heavy (non-hydrogen) atoms. The number of carboxylic acids is 1. The quantitative estimate of drug-likeness (QED) is 0.646. The highest BCUT2D eigenvalue weighted by Crippen LogP contribution is 2.25. The van der Waals surface area contributed by atoms with Gasteiger partial charge in [-0.3, -0.25) is 10.1 Å². The molecule has 1 atom stereocenters. The second-order valence-electron chi connectivity index (χ2n) is 5.78. The zero-order chi connectivity index (χ0) is 17.9. The van der Waals surface area contributed by atoms with Crippen LogP contribution >= 0.6 is 0 Å². The summed E-state index contributed by atoms with van der Waals surface area (Å²) in [7, 11) is 0. The van der Waals surface area contributed by atoms with Crippen molar-refractivity contribution < 1.29 is 19.6 Å². The minimum atomic E-state index is -1.12. The highest BCUT2D eigenvalue weighted by atomic mass is 16.6. The first-order valence-corrected chi connectivity index (χ1v) is 7.48. The smallest absolute Gasteiger partial charge is 0.345 e. The Kier molecular flexibility index (Phi) is 5.18. The Morgan fingerprint density at radius 1 is 1.25 bits per heavy atom. The second-order valence-corrected chi connectivity index (χ2v) is 5.78. The Bertz CT molecular complexity index is 785. The lowest BCUT2D eigenvalue weighted by molar-refractivity contribution is -0.384. The Morgan fingerprint density at radius 3 is 2.58 bits per heavy atom. The maximum absolute atomic E-state index is 11.5. The van der Waals surface area contributed by atoms with Crippen molar-refractivity contribution in [2.24, 2.45) is 0 Å². The van der Waals surface area contributed by atoms with Gasteiger partial charge in [0, 0.05) is 18.6 Å². The average Bonchev–Trinajstić information content (AvgIpc) is 2.51. The molecule has 0 fully saturated rings. The monoisotopic (exact) mass is 329 g/mol. The number of nitro benzene ring substituents is 1. The first-order chi connectivity index (χ1) is 11.3. The Balaban J connectivity index is 2.27. The number of benzene rings is 2. The van der Waals surface area contributed by atoms with Gasteiger partial charge in [-0.15, -0.1) is 0 Å². The van der Waals surface area contributed by atoms with Gasteiger partial charge in [0.05, 0.1) is 4.92 Å². The summed E-state index contributed by atoms with van der Waals surface area (Å²) in [6.07, 6.45) is -1.07. The molecule has 0 aliphatic carbocycles. The van der Waals surface area contributed by atoms with Crippen molar-refractivity contribution in [3.05, 3.63) is 68.8 Å².